The van der Waals surface area contributed by atoms with Gasteiger partial charge < -0.3 is 5.11 Å². The van der Waals surface area contributed by atoms with Gasteiger partial charge in [0.25, 0.3) is 0 Å². The molecule has 15 heavy (non-hydrogen) atoms. The predicted octanol–water partition coefficient (Wildman–Crippen LogP) is 1.83. The second-order valence-electron chi connectivity index (χ2n) is 5.37. The molecular weight excluding hydrogens is 190 g/mol. The highest BCUT2D eigenvalue weighted by Crippen LogP contribution is 2.36. The third kappa shape index (κ3) is 2.03. The quantitative estimate of drug-likeness (QED) is 0.757. The summed E-state index contributed by atoms with van der Waals surface area (Å²) in [5, 5.41) is 8.85. The molecule has 86 valence electrons. The topological polar surface area (TPSA) is 40.5 Å². The summed E-state index contributed by atoms with van der Waals surface area (Å²) >= 11 is 0. The lowest BCUT2D eigenvalue weighted by Crippen LogP contribution is -2.59. The zero-order valence-electron chi connectivity index (χ0n) is 9.65. The molecule has 2 atom stereocenters. The van der Waals surface area contributed by atoms with E-state index < -0.39 is 5.97 Å². The monoisotopic (exact) mass is 211 g/mol. The second kappa shape index (κ2) is 4.12. The number of rotatable bonds is 2. The average Bonchev–Trinajstić information content (AvgIpc) is 2.06. The fourth-order valence-corrected chi connectivity index (χ4v) is 3.30. The molecule has 1 aliphatic carbocycles. The van der Waals surface area contributed by atoms with E-state index in [0.29, 0.717) is 6.04 Å². The molecule has 3 nitrogen and oxygen atoms in total. The summed E-state index contributed by atoms with van der Waals surface area (Å²) in [5.41, 5.74) is 0. The first-order valence-corrected chi connectivity index (χ1v) is 6.06. The Morgan fingerprint density at radius 2 is 1.73 bits per heavy atom. The Hall–Kier alpha value is -0.570. The highest BCUT2D eigenvalue weighted by molar-refractivity contribution is 5.71. The lowest BCUT2D eigenvalue weighted by atomic mass is 9.76. The number of hydrogen-bond donors (Lipinski definition) is 1. The molecule has 1 heterocycles. The molecule has 1 saturated heterocycles. The largest absolute Gasteiger partial charge is 0.481 e. The summed E-state index contributed by atoms with van der Waals surface area (Å²) in [4.78, 5) is 13.1. The third-order valence-electron chi connectivity index (χ3n) is 4.17. The van der Waals surface area contributed by atoms with Crippen LogP contribution in [0.1, 0.15) is 33.1 Å². The SMILES string of the molecule is CC1CCCC(C)C1N1CC(C(=O)O)C1. The highest BCUT2D eigenvalue weighted by atomic mass is 16.4. The molecule has 2 aliphatic rings. The molecule has 1 aliphatic heterocycles. The number of aliphatic carboxylic acids is 1. The Bertz CT molecular complexity index is 238. The Kier molecular flexibility index (Phi) is 3.01. The lowest BCUT2D eigenvalue weighted by Gasteiger charge is -2.49. The van der Waals surface area contributed by atoms with Crippen molar-refractivity contribution in [3.05, 3.63) is 0 Å². The minimum absolute atomic E-state index is 0.105. The Balaban J connectivity index is 1.91. The molecule has 0 aromatic heterocycles. The van der Waals surface area contributed by atoms with Crippen LogP contribution in [0, 0.1) is 17.8 Å². The summed E-state index contributed by atoms with van der Waals surface area (Å²) in [6, 6.07) is 0.634. The van der Waals surface area contributed by atoms with E-state index in [1.807, 2.05) is 0 Å². The zero-order valence-corrected chi connectivity index (χ0v) is 9.65. The number of likely N-dealkylation sites (tertiary alicyclic amines) is 1. The van der Waals surface area contributed by atoms with Crippen molar-refractivity contribution in [2.24, 2.45) is 17.8 Å². The second-order valence-corrected chi connectivity index (χ2v) is 5.37. The van der Waals surface area contributed by atoms with Gasteiger partial charge in [-0.15, -0.1) is 0 Å². The number of carbonyl (C=O) groups is 1. The molecule has 3 heteroatoms. The zero-order chi connectivity index (χ0) is 11.0. The van der Waals surface area contributed by atoms with Crippen LogP contribution in [0.5, 0.6) is 0 Å². The van der Waals surface area contributed by atoms with Crippen LogP contribution in [0.4, 0.5) is 0 Å². The first-order chi connectivity index (χ1) is 7.09. The molecule has 0 amide bonds. The van der Waals surface area contributed by atoms with Crippen molar-refractivity contribution in [1.29, 1.82) is 0 Å². The fraction of sp³-hybridized carbons (Fsp3) is 0.917. The van der Waals surface area contributed by atoms with Gasteiger partial charge in [0.1, 0.15) is 0 Å². The molecule has 0 aromatic carbocycles. The lowest BCUT2D eigenvalue weighted by molar-refractivity contribution is -0.150. The van der Waals surface area contributed by atoms with Crippen LogP contribution in [0.15, 0.2) is 0 Å². The summed E-state index contributed by atoms with van der Waals surface area (Å²) in [5.74, 6) is 0.751. The van der Waals surface area contributed by atoms with Gasteiger partial charge in [-0.05, 0) is 24.7 Å². The van der Waals surface area contributed by atoms with E-state index in [2.05, 4.69) is 18.7 Å². The van der Waals surface area contributed by atoms with Gasteiger partial charge in [0.2, 0.25) is 0 Å². The van der Waals surface area contributed by atoms with Gasteiger partial charge in [-0.3, -0.25) is 9.69 Å². The van der Waals surface area contributed by atoms with Gasteiger partial charge in [0, 0.05) is 19.1 Å². The molecular formula is C12H21NO2. The van der Waals surface area contributed by atoms with Crippen LogP contribution < -0.4 is 0 Å². The maximum Gasteiger partial charge on any atom is 0.309 e. The number of hydrogen-bond acceptors (Lipinski definition) is 2. The number of nitrogens with zero attached hydrogens (tertiary/aromatic N) is 1. The summed E-state index contributed by atoms with van der Waals surface area (Å²) in [6.45, 7) is 6.17. The molecule has 0 bridgehead atoms. The van der Waals surface area contributed by atoms with Crippen molar-refractivity contribution in [1.82, 2.24) is 4.90 Å². The Labute approximate surface area is 91.5 Å². The molecule has 2 fully saturated rings. The van der Waals surface area contributed by atoms with Crippen LogP contribution in [0.2, 0.25) is 0 Å². The standard InChI is InChI=1S/C12H21NO2/c1-8-4-3-5-9(2)11(8)13-6-10(7-13)12(14)15/h8-11H,3-7H2,1-2H3,(H,14,15). The molecule has 1 N–H and O–H groups in total. The Morgan fingerprint density at radius 3 is 2.20 bits per heavy atom. The molecule has 2 unspecified atom stereocenters. The first-order valence-electron chi connectivity index (χ1n) is 6.06. The molecule has 0 spiro atoms. The van der Waals surface area contributed by atoms with E-state index in [9.17, 15) is 4.79 Å². The van der Waals surface area contributed by atoms with Crippen LogP contribution in [-0.4, -0.2) is 35.1 Å². The van der Waals surface area contributed by atoms with Gasteiger partial charge in [-0.1, -0.05) is 20.3 Å². The maximum absolute atomic E-state index is 10.7. The average molecular weight is 211 g/mol. The summed E-state index contributed by atoms with van der Waals surface area (Å²) in [7, 11) is 0. The number of carboxylic acids is 1. The van der Waals surface area contributed by atoms with Gasteiger partial charge in [0.05, 0.1) is 5.92 Å². The minimum Gasteiger partial charge on any atom is -0.481 e. The highest BCUT2D eigenvalue weighted by Gasteiger charge is 2.41. The molecule has 2 rings (SSSR count). The van der Waals surface area contributed by atoms with E-state index in [1.54, 1.807) is 0 Å². The smallest absolute Gasteiger partial charge is 0.309 e. The fourth-order valence-electron chi connectivity index (χ4n) is 3.30. The van der Waals surface area contributed by atoms with E-state index in [-0.39, 0.29) is 5.92 Å². The van der Waals surface area contributed by atoms with Gasteiger partial charge in [0.15, 0.2) is 0 Å². The summed E-state index contributed by atoms with van der Waals surface area (Å²) in [6.07, 6.45) is 3.96. The van der Waals surface area contributed by atoms with E-state index in [1.165, 1.54) is 19.3 Å². The van der Waals surface area contributed by atoms with E-state index >= 15 is 0 Å². The van der Waals surface area contributed by atoms with Crippen molar-refractivity contribution in [2.75, 3.05) is 13.1 Å². The van der Waals surface area contributed by atoms with Gasteiger partial charge in [-0.2, -0.15) is 0 Å². The van der Waals surface area contributed by atoms with Crippen molar-refractivity contribution in [3.8, 4) is 0 Å². The molecule has 0 radical (unpaired) electrons. The molecule has 1 saturated carbocycles. The minimum atomic E-state index is -0.623. The maximum atomic E-state index is 10.7. The van der Waals surface area contributed by atoms with E-state index in [0.717, 1.165) is 24.9 Å². The van der Waals surface area contributed by atoms with Crippen LogP contribution in [0.3, 0.4) is 0 Å². The van der Waals surface area contributed by atoms with Crippen molar-refractivity contribution in [3.63, 3.8) is 0 Å². The molecule has 0 aromatic rings. The van der Waals surface area contributed by atoms with Crippen molar-refractivity contribution >= 4 is 5.97 Å². The number of carboxylic acid groups (broad SMARTS) is 1. The van der Waals surface area contributed by atoms with Gasteiger partial charge in [-0.25, -0.2) is 0 Å². The first kappa shape index (κ1) is 10.9. The van der Waals surface area contributed by atoms with Crippen LogP contribution in [-0.2, 0) is 4.79 Å². The van der Waals surface area contributed by atoms with E-state index in [4.69, 9.17) is 5.11 Å². The summed E-state index contributed by atoms with van der Waals surface area (Å²) < 4.78 is 0. The Morgan fingerprint density at radius 1 is 1.20 bits per heavy atom. The predicted molar refractivity (Wildman–Crippen MR) is 58.7 cm³/mol. The van der Waals surface area contributed by atoms with Gasteiger partial charge >= 0.3 is 5.97 Å². The van der Waals surface area contributed by atoms with Crippen LogP contribution in [0.25, 0.3) is 0 Å². The van der Waals surface area contributed by atoms with Crippen molar-refractivity contribution < 1.29 is 9.90 Å². The van der Waals surface area contributed by atoms with Crippen molar-refractivity contribution in [2.45, 2.75) is 39.2 Å². The van der Waals surface area contributed by atoms with Crippen LogP contribution >= 0.6 is 0 Å². The third-order valence-corrected chi connectivity index (χ3v) is 4.17. The normalized spacial score (nSPS) is 38.7.